The third kappa shape index (κ3) is 9.32. The van der Waals surface area contributed by atoms with Crippen LogP contribution in [-0.4, -0.2) is 61.1 Å². The van der Waals surface area contributed by atoms with Crippen LogP contribution in [0, 0.1) is 0 Å². The van der Waals surface area contributed by atoms with Crippen molar-refractivity contribution in [2.24, 2.45) is 5.73 Å². The molecular formula is C19H34Br3N3O3. The summed E-state index contributed by atoms with van der Waals surface area (Å²) in [5.74, 6) is -1.07. The maximum Gasteiger partial charge on any atom is 0.246 e. The average Bonchev–Trinajstić information content (AvgIpc) is 2.52. The van der Waals surface area contributed by atoms with Gasteiger partial charge in [-0.15, -0.1) is 0 Å². The van der Waals surface area contributed by atoms with Gasteiger partial charge >= 0.3 is 0 Å². The predicted molar refractivity (Wildman–Crippen MR) is 125 cm³/mol. The predicted octanol–water partition coefficient (Wildman–Crippen LogP) is 3.52. The molecule has 0 aliphatic rings. The number of hydrogen-bond acceptors (Lipinski definition) is 5. The summed E-state index contributed by atoms with van der Waals surface area (Å²) in [7, 11) is 0. The van der Waals surface area contributed by atoms with Gasteiger partial charge in [0.15, 0.2) is 5.78 Å². The second-order valence-electron chi connectivity index (χ2n) is 8.31. The highest BCUT2D eigenvalue weighted by atomic mass is 79.9. The van der Waals surface area contributed by atoms with Crippen LogP contribution in [-0.2, 0) is 14.4 Å². The number of halogens is 3. The van der Waals surface area contributed by atoms with Gasteiger partial charge in [0.2, 0.25) is 11.8 Å². The van der Waals surface area contributed by atoms with Gasteiger partial charge in [0.1, 0.15) is 0 Å². The number of alkyl halides is 3. The average molecular weight is 592 g/mol. The van der Waals surface area contributed by atoms with E-state index >= 15 is 0 Å². The fraction of sp³-hybridized carbons (Fsp3) is 0.842. The summed E-state index contributed by atoms with van der Waals surface area (Å²) >= 11 is 10.1. The van der Waals surface area contributed by atoms with Crippen LogP contribution in [0.1, 0.15) is 60.8 Å². The van der Waals surface area contributed by atoms with Crippen molar-refractivity contribution in [2.45, 2.75) is 79.8 Å². The third-order valence-electron chi connectivity index (χ3n) is 4.04. The highest BCUT2D eigenvalue weighted by Crippen LogP contribution is 2.31. The standard InChI is InChI=1S/C19H34Br3N3O3/c1-17(2,20)14(26)13(9-7-11-24-12-8-10-23)25(15(27)18(3,4)21)16(28)19(5,6)22/h13,24H,7-12,23H2,1-6H3. The second-order valence-corrected chi connectivity index (χ2v) is 14.3. The lowest BCUT2D eigenvalue weighted by atomic mass is 9.94. The maximum atomic E-state index is 13.2. The monoisotopic (exact) mass is 589 g/mol. The molecule has 0 aliphatic heterocycles. The summed E-state index contributed by atoms with van der Waals surface area (Å²) < 4.78 is -2.82. The molecule has 2 amide bonds. The van der Waals surface area contributed by atoms with Crippen LogP contribution in [0.4, 0.5) is 0 Å². The van der Waals surface area contributed by atoms with Gasteiger partial charge in [-0.2, -0.15) is 0 Å². The van der Waals surface area contributed by atoms with Gasteiger partial charge in [-0.1, -0.05) is 47.8 Å². The molecule has 6 nitrogen and oxygen atoms in total. The van der Waals surface area contributed by atoms with Crippen molar-refractivity contribution < 1.29 is 14.4 Å². The first-order chi connectivity index (χ1) is 12.5. The summed E-state index contributed by atoms with van der Waals surface area (Å²) in [6.45, 7) is 12.2. The molecule has 0 saturated carbocycles. The topological polar surface area (TPSA) is 92.5 Å². The van der Waals surface area contributed by atoms with E-state index in [1.54, 1.807) is 41.5 Å². The van der Waals surface area contributed by atoms with Crippen molar-refractivity contribution >= 4 is 65.4 Å². The second kappa shape index (κ2) is 11.5. The summed E-state index contributed by atoms with van der Waals surface area (Å²) in [5, 5.41) is 3.27. The highest BCUT2D eigenvalue weighted by Gasteiger charge is 2.46. The van der Waals surface area contributed by atoms with Gasteiger partial charge < -0.3 is 11.1 Å². The number of carbonyl (C=O) groups is 3. The Kier molecular flexibility index (Phi) is 11.6. The Labute approximate surface area is 194 Å². The summed E-state index contributed by atoms with van der Waals surface area (Å²) in [6.07, 6.45) is 1.90. The van der Waals surface area contributed by atoms with E-state index < -0.39 is 30.8 Å². The fourth-order valence-corrected chi connectivity index (χ4v) is 3.14. The molecule has 1 unspecified atom stereocenters. The first-order valence-corrected chi connectivity index (χ1v) is 11.8. The minimum Gasteiger partial charge on any atom is -0.330 e. The largest absolute Gasteiger partial charge is 0.330 e. The van der Waals surface area contributed by atoms with Crippen LogP contribution < -0.4 is 11.1 Å². The first kappa shape index (κ1) is 28.2. The maximum absolute atomic E-state index is 13.2. The van der Waals surface area contributed by atoms with Crippen LogP contribution in [0.3, 0.4) is 0 Å². The lowest BCUT2D eigenvalue weighted by molar-refractivity contribution is -0.154. The van der Waals surface area contributed by atoms with Crippen molar-refractivity contribution in [1.82, 2.24) is 10.2 Å². The molecule has 0 saturated heterocycles. The zero-order valence-electron chi connectivity index (χ0n) is 17.7. The Morgan fingerprint density at radius 2 is 1.29 bits per heavy atom. The van der Waals surface area contributed by atoms with Gasteiger partial charge in [-0.05, 0) is 80.4 Å². The van der Waals surface area contributed by atoms with E-state index in [2.05, 4.69) is 53.1 Å². The molecule has 0 aromatic carbocycles. The zero-order valence-corrected chi connectivity index (χ0v) is 22.5. The van der Waals surface area contributed by atoms with Crippen LogP contribution in [0.25, 0.3) is 0 Å². The molecule has 0 aromatic heterocycles. The van der Waals surface area contributed by atoms with Crippen molar-refractivity contribution in [2.75, 3.05) is 19.6 Å². The number of ketones is 1. The van der Waals surface area contributed by atoms with Crippen LogP contribution >= 0.6 is 47.8 Å². The van der Waals surface area contributed by atoms with E-state index in [1.807, 2.05) is 0 Å². The molecule has 1 atom stereocenters. The van der Waals surface area contributed by atoms with E-state index in [0.717, 1.165) is 17.9 Å². The number of nitrogens with two attached hydrogens (primary N) is 1. The molecule has 0 aromatic rings. The van der Waals surface area contributed by atoms with E-state index in [4.69, 9.17) is 5.73 Å². The molecule has 164 valence electrons. The van der Waals surface area contributed by atoms with Gasteiger partial charge in [0.25, 0.3) is 0 Å². The van der Waals surface area contributed by atoms with E-state index in [-0.39, 0.29) is 5.78 Å². The van der Waals surface area contributed by atoms with Crippen molar-refractivity contribution in [3.63, 3.8) is 0 Å². The van der Waals surface area contributed by atoms with E-state index in [0.29, 0.717) is 25.9 Å². The molecule has 3 N–H and O–H groups in total. The lowest BCUT2D eigenvalue weighted by Crippen LogP contribution is -2.59. The number of hydrogen-bond donors (Lipinski definition) is 2. The molecule has 0 bridgehead atoms. The van der Waals surface area contributed by atoms with Gasteiger partial charge in [0.05, 0.1) is 19.0 Å². The first-order valence-electron chi connectivity index (χ1n) is 9.45. The zero-order chi connectivity index (χ0) is 22.3. The van der Waals surface area contributed by atoms with Gasteiger partial charge in [-0.3, -0.25) is 19.3 Å². The number of Topliss-reactive ketones (excluding diaryl/α,β-unsaturated/α-hetero) is 1. The molecule has 0 fully saturated rings. The number of nitrogens with zero attached hydrogens (tertiary/aromatic N) is 1. The Morgan fingerprint density at radius 1 is 0.857 bits per heavy atom. The number of imide groups is 1. The SMILES string of the molecule is CC(C)(Br)C(=O)C(CCCNCCCN)N(C(=O)C(C)(C)Br)C(=O)C(C)(C)Br. The summed E-state index contributed by atoms with van der Waals surface area (Å²) in [6, 6.07) is -0.862. The highest BCUT2D eigenvalue weighted by molar-refractivity contribution is 9.10. The lowest BCUT2D eigenvalue weighted by Gasteiger charge is -2.38. The summed E-state index contributed by atoms with van der Waals surface area (Å²) in [5.41, 5.74) is 5.49. The number of amides is 2. The number of carbonyl (C=O) groups excluding carboxylic acids is 3. The minimum atomic E-state index is -0.977. The molecule has 0 aliphatic carbocycles. The van der Waals surface area contributed by atoms with Crippen LogP contribution in [0.2, 0.25) is 0 Å². The third-order valence-corrected chi connectivity index (χ3v) is 5.11. The van der Waals surface area contributed by atoms with Crippen molar-refractivity contribution in [1.29, 1.82) is 0 Å². The smallest absolute Gasteiger partial charge is 0.246 e. The number of rotatable bonds is 12. The molecular weight excluding hydrogens is 558 g/mol. The molecule has 9 heteroatoms. The van der Waals surface area contributed by atoms with Gasteiger partial charge in [-0.25, -0.2) is 0 Å². The van der Waals surface area contributed by atoms with Gasteiger partial charge in [0, 0.05) is 0 Å². The normalized spacial score (nSPS) is 13.9. The Morgan fingerprint density at radius 3 is 1.64 bits per heavy atom. The quantitative estimate of drug-likeness (QED) is 0.268. The van der Waals surface area contributed by atoms with Crippen molar-refractivity contribution in [3.8, 4) is 0 Å². The molecule has 0 rings (SSSR count). The fourth-order valence-electron chi connectivity index (χ4n) is 2.49. The van der Waals surface area contributed by atoms with Crippen LogP contribution in [0.15, 0.2) is 0 Å². The van der Waals surface area contributed by atoms with E-state index in [9.17, 15) is 14.4 Å². The molecule has 0 heterocycles. The number of nitrogens with one attached hydrogen (secondary N) is 1. The Balaban J connectivity index is 5.79. The molecule has 0 spiro atoms. The van der Waals surface area contributed by atoms with Crippen LogP contribution in [0.5, 0.6) is 0 Å². The Hall–Kier alpha value is 0.170. The molecule has 0 radical (unpaired) electrons. The Bertz CT molecular complexity index is 523. The van der Waals surface area contributed by atoms with E-state index in [1.165, 1.54) is 0 Å². The van der Waals surface area contributed by atoms with Crippen molar-refractivity contribution in [3.05, 3.63) is 0 Å². The minimum absolute atomic E-state index is 0.204. The summed E-state index contributed by atoms with van der Waals surface area (Å²) in [4.78, 5) is 40.6. The molecule has 28 heavy (non-hydrogen) atoms.